The molecule has 4 rings (SSSR count). The molecule has 0 fully saturated rings. The van der Waals surface area contributed by atoms with Gasteiger partial charge in [-0.15, -0.1) is 23.7 Å². The number of nitro groups is 2. The van der Waals surface area contributed by atoms with Crippen LogP contribution in [-0.2, 0) is 12.8 Å². The molecule has 10 nitrogen and oxygen atoms in total. The van der Waals surface area contributed by atoms with Crippen molar-refractivity contribution < 1.29 is 14.6 Å². The van der Waals surface area contributed by atoms with Gasteiger partial charge < -0.3 is 5.73 Å². The van der Waals surface area contributed by atoms with Crippen LogP contribution in [0.5, 0.6) is 0 Å². The van der Waals surface area contributed by atoms with Gasteiger partial charge in [0.1, 0.15) is 0 Å². The number of aryl methyl sites for hydroxylation is 1. The van der Waals surface area contributed by atoms with E-state index in [2.05, 4.69) is 10.3 Å². The van der Waals surface area contributed by atoms with Gasteiger partial charge in [-0.25, -0.2) is 4.98 Å². The molecule has 1 aliphatic rings. The maximum absolute atomic E-state index is 12.6. The number of nitro benzene ring substituents is 2. The third-order valence-corrected chi connectivity index (χ3v) is 6.04. The first-order valence-corrected chi connectivity index (χ1v) is 10.2. The number of hydrogen-bond donors (Lipinski definition) is 2. The van der Waals surface area contributed by atoms with Gasteiger partial charge in [-0.1, -0.05) is 12.1 Å². The molecule has 1 heterocycles. The van der Waals surface area contributed by atoms with Crippen molar-refractivity contribution in [3.8, 4) is 11.1 Å². The Labute approximate surface area is 192 Å². The van der Waals surface area contributed by atoms with Gasteiger partial charge in [0.2, 0.25) is 0 Å². The number of non-ortho nitro benzene ring substituents is 2. The summed E-state index contributed by atoms with van der Waals surface area (Å²) in [5.74, 6) is -0.341. The Morgan fingerprint density at radius 2 is 1.69 bits per heavy atom. The first-order chi connectivity index (χ1) is 14.8. The number of carbonyl (C=O) groups is 1. The fourth-order valence-electron chi connectivity index (χ4n) is 3.41. The minimum Gasteiger partial charge on any atom is -0.327 e. The number of aromatic nitrogens is 1. The van der Waals surface area contributed by atoms with Gasteiger partial charge in [-0.2, -0.15) is 0 Å². The predicted molar refractivity (Wildman–Crippen MR) is 123 cm³/mol. The lowest BCUT2D eigenvalue weighted by atomic mass is 9.99. The van der Waals surface area contributed by atoms with Crippen molar-refractivity contribution in [2.45, 2.75) is 25.3 Å². The second kappa shape index (κ2) is 9.39. The predicted octanol–water partition coefficient (Wildman–Crippen LogP) is 4.12. The molecule has 3 N–H and O–H groups in total. The van der Waals surface area contributed by atoms with E-state index in [-0.39, 0.29) is 35.7 Å². The lowest BCUT2D eigenvalue weighted by Crippen LogP contribution is -2.27. The summed E-state index contributed by atoms with van der Waals surface area (Å²) in [6.07, 6.45) is 2.43. The van der Waals surface area contributed by atoms with Crippen LogP contribution in [0.4, 0.5) is 16.5 Å². The van der Waals surface area contributed by atoms with Crippen LogP contribution >= 0.6 is 23.7 Å². The van der Waals surface area contributed by atoms with E-state index in [1.165, 1.54) is 23.5 Å². The lowest BCUT2D eigenvalue weighted by Gasteiger charge is -2.15. The largest absolute Gasteiger partial charge is 0.327 e. The van der Waals surface area contributed by atoms with E-state index in [0.29, 0.717) is 21.8 Å². The number of rotatable bonds is 5. The minimum atomic E-state index is -0.682. The number of halogens is 1. The van der Waals surface area contributed by atoms with Crippen LogP contribution in [-0.4, -0.2) is 26.8 Å². The van der Waals surface area contributed by atoms with Crippen molar-refractivity contribution >= 4 is 46.2 Å². The standard InChI is InChI=1S/C20H17N5O5S.ClH/c21-14-5-6-17-18(9-14)31-20(22-17)23-19(26)12-3-1-11(2-4-12)13-7-15(24(27)28)10-16(8-13)25(29)30;/h1-4,7-8,10,14H,5-6,9,21H2,(H,22,23,26);1H/t14-;/m0./s1. The summed E-state index contributed by atoms with van der Waals surface area (Å²) in [6, 6.07) is 9.82. The Balaban J connectivity index is 0.00000289. The molecule has 1 amide bonds. The summed E-state index contributed by atoms with van der Waals surface area (Å²) in [5.41, 5.74) is 7.41. The number of anilines is 1. The molecule has 0 radical (unpaired) electrons. The van der Waals surface area contributed by atoms with Crippen molar-refractivity contribution in [1.29, 1.82) is 0 Å². The Hall–Kier alpha value is -3.41. The number of nitrogens with one attached hydrogen (secondary N) is 1. The summed E-state index contributed by atoms with van der Waals surface area (Å²) < 4.78 is 0. The summed E-state index contributed by atoms with van der Waals surface area (Å²) in [7, 11) is 0. The third kappa shape index (κ3) is 4.90. The maximum atomic E-state index is 12.6. The number of thiazole rings is 1. The smallest absolute Gasteiger partial charge is 0.276 e. The van der Waals surface area contributed by atoms with Crippen LogP contribution in [0.25, 0.3) is 11.1 Å². The highest BCUT2D eigenvalue weighted by Crippen LogP contribution is 2.31. The van der Waals surface area contributed by atoms with Crippen LogP contribution in [0.2, 0.25) is 0 Å². The second-order valence-corrected chi connectivity index (χ2v) is 8.26. The number of nitrogens with two attached hydrogens (primary N) is 1. The molecule has 0 spiro atoms. The molecular weight excluding hydrogens is 458 g/mol. The van der Waals surface area contributed by atoms with Crippen molar-refractivity contribution in [3.63, 3.8) is 0 Å². The number of benzene rings is 2. The van der Waals surface area contributed by atoms with Gasteiger partial charge in [0.05, 0.1) is 21.6 Å². The molecule has 32 heavy (non-hydrogen) atoms. The van der Waals surface area contributed by atoms with E-state index in [4.69, 9.17) is 5.73 Å². The Kier molecular flexibility index (Phi) is 6.82. The summed E-state index contributed by atoms with van der Waals surface area (Å²) >= 11 is 1.42. The lowest BCUT2D eigenvalue weighted by molar-refractivity contribution is -0.394. The molecule has 3 aromatic rings. The molecule has 1 aliphatic carbocycles. The number of hydrogen-bond acceptors (Lipinski definition) is 8. The first-order valence-electron chi connectivity index (χ1n) is 9.40. The van der Waals surface area contributed by atoms with Crippen molar-refractivity contribution in [1.82, 2.24) is 4.98 Å². The fraction of sp³-hybridized carbons (Fsp3) is 0.200. The van der Waals surface area contributed by atoms with Crippen molar-refractivity contribution in [2.24, 2.45) is 5.73 Å². The van der Waals surface area contributed by atoms with Gasteiger partial charge in [-0.05, 0) is 42.5 Å². The molecule has 1 atom stereocenters. The quantitative estimate of drug-likeness (QED) is 0.415. The van der Waals surface area contributed by atoms with E-state index in [1.54, 1.807) is 24.3 Å². The molecule has 12 heteroatoms. The van der Waals surface area contributed by atoms with Gasteiger partial charge in [-0.3, -0.25) is 30.3 Å². The molecular formula is C20H18ClN5O5S. The van der Waals surface area contributed by atoms with Gasteiger partial charge in [0, 0.05) is 28.6 Å². The summed E-state index contributed by atoms with van der Waals surface area (Å²) in [4.78, 5) is 39.0. The van der Waals surface area contributed by atoms with Crippen LogP contribution in [0.15, 0.2) is 42.5 Å². The molecule has 0 saturated heterocycles. The van der Waals surface area contributed by atoms with Crippen molar-refractivity contribution in [3.05, 3.63) is 78.8 Å². The third-order valence-electron chi connectivity index (χ3n) is 5.00. The van der Waals surface area contributed by atoms with Crippen LogP contribution in [0.3, 0.4) is 0 Å². The molecule has 0 bridgehead atoms. The molecule has 0 saturated carbocycles. The fourth-order valence-corrected chi connectivity index (χ4v) is 4.51. The second-order valence-electron chi connectivity index (χ2n) is 7.18. The molecule has 2 aromatic carbocycles. The minimum absolute atomic E-state index is 0. The van der Waals surface area contributed by atoms with Crippen LogP contribution in [0.1, 0.15) is 27.3 Å². The summed E-state index contributed by atoms with van der Waals surface area (Å²) in [5, 5.41) is 25.5. The van der Waals surface area contributed by atoms with Crippen LogP contribution in [0, 0.1) is 20.2 Å². The zero-order valence-corrected chi connectivity index (χ0v) is 18.1. The Morgan fingerprint density at radius 1 is 1.06 bits per heavy atom. The molecule has 166 valence electrons. The Morgan fingerprint density at radius 3 is 2.28 bits per heavy atom. The van der Waals surface area contributed by atoms with E-state index in [1.807, 2.05) is 0 Å². The zero-order valence-electron chi connectivity index (χ0n) is 16.5. The number of nitrogens with zero attached hydrogens (tertiary/aromatic N) is 3. The van der Waals surface area contributed by atoms with Crippen molar-refractivity contribution in [2.75, 3.05) is 5.32 Å². The van der Waals surface area contributed by atoms with Gasteiger partial charge in [0.25, 0.3) is 17.3 Å². The van der Waals surface area contributed by atoms with Gasteiger partial charge in [0.15, 0.2) is 5.13 Å². The SMILES string of the molecule is Cl.N[C@H]1CCc2nc(NC(=O)c3ccc(-c4cc([N+](=O)[O-])cc([N+](=O)[O-])c4)cc3)sc2C1. The normalized spacial score (nSPS) is 14.7. The van der Waals surface area contributed by atoms with E-state index < -0.39 is 9.85 Å². The topological polar surface area (TPSA) is 154 Å². The molecule has 0 aliphatic heterocycles. The number of amides is 1. The number of fused-ring (bicyclic) bond motifs is 1. The van der Waals surface area contributed by atoms with Gasteiger partial charge >= 0.3 is 0 Å². The number of carbonyl (C=O) groups excluding carboxylic acids is 1. The van der Waals surface area contributed by atoms with Crippen LogP contribution < -0.4 is 11.1 Å². The zero-order chi connectivity index (χ0) is 22.1. The highest BCUT2D eigenvalue weighted by Gasteiger charge is 2.21. The van der Waals surface area contributed by atoms with E-state index in [0.717, 1.165) is 35.9 Å². The monoisotopic (exact) mass is 475 g/mol. The molecule has 1 aromatic heterocycles. The highest BCUT2D eigenvalue weighted by molar-refractivity contribution is 7.15. The highest BCUT2D eigenvalue weighted by atomic mass is 35.5. The van der Waals surface area contributed by atoms with E-state index >= 15 is 0 Å². The molecule has 0 unspecified atom stereocenters. The summed E-state index contributed by atoms with van der Waals surface area (Å²) in [6.45, 7) is 0. The van der Waals surface area contributed by atoms with E-state index in [9.17, 15) is 25.0 Å². The average Bonchev–Trinajstić information content (AvgIpc) is 3.14. The average molecular weight is 476 g/mol. The maximum Gasteiger partial charge on any atom is 0.276 e. The Bertz CT molecular complexity index is 1170. The first kappa shape index (κ1) is 23.3.